The Morgan fingerprint density at radius 2 is 2.00 bits per heavy atom. The molecule has 0 amide bonds. The Hall–Kier alpha value is -1.81. The molecule has 0 spiro atoms. The number of H-pyrrole nitrogens is 1. The average molecular weight is 259 g/mol. The second-order valence-electron chi connectivity index (χ2n) is 4.01. The fourth-order valence-corrected chi connectivity index (χ4v) is 2.03. The number of nitrogens with zero attached hydrogens (tertiary/aromatic N) is 1. The van der Waals surface area contributed by atoms with E-state index in [-0.39, 0.29) is 0 Å². The molecule has 2 N–H and O–H groups in total. The van der Waals surface area contributed by atoms with Crippen molar-refractivity contribution in [3.63, 3.8) is 0 Å². The molecule has 0 radical (unpaired) electrons. The maximum atomic E-state index is 5.43. The Morgan fingerprint density at radius 1 is 1.22 bits per heavy atom. The zero-order valence-corrected chi connectivity index (χ0v) is 11.2. The van der Waals surface area contributed by atoms with Crippen molar-refractivity contribution in [2.24, 2.45) is 0 Å². The van der Waals surface area contributed by atoms with Crippen LogP contribution in [0.25, 0.3) is 0 Å². The molecular formula is C14H17N3S. The first-order valence-electron chi connectivity index (χ1n) is 6.03. The van der Waals surface area contributed by atoms with Crippen LogP contribution in [0.15, 0.2) is 48.7 Å². The number of hydrogen-bond donors (Lipinski definition) is 2. The Labute approximate surface area is 113 Å². The maximum Gasteiger partial charge on any atom is 0.173 e. The van der Waals surface area contributed by atoms with Gasteiger partial charge < -0.3 is 15.2 Å². The number of nitrogens with one attached hydrogen (secondary N) is 2. The van der Waals surface area contributed by atoms with Crippen molar-refractivity contribution >= 4 is 23.0 Å². The molecule has 18 heavy (non-hydrogen) atoms. The molecule has 0 fully saturated rings. The van der Waals surface area contributed by atoms with E-state index in [2.05, 4.69) is 28.2 Å². The average Bonchev–Trinajstić information content (AvgIpc) is 2.90. The third-order valence-corrected chi connectivity index (χ3v) is 3.08. The summed E-state index contributed by atoms with van der Waals surface area (Å²) in [5.74, 6) is 0. The van der Waals surface area contributed by atoms with Gasteiger partial charge in [0.05, 0.1) is 6.54 Å². The molecule has 2 aromatic rings. The molecule has 3 nitrogen and oxygen atoms in total. The second kappa shape index (κ2) is 6.21. The maximum absolute atomic E-state index is 5.43. The lowest BCUT2D eigenvalue weighted by molar-refractivity contribution is 0.437. The second-order valence-corrected chi connectivity index (χ2v) is 4.39. The molecule has 2 rings (SSSR count). The van der Waals surface area contributed by atoms with E-state index in [9.17, 15) is 0 Å². The van der Waals surface area contributed by atoms with Crippen molar-refractivity contribution in [1.82, 2.24) is 9.88 Å². The molecule has 0 aliphatic heterocycles. The van der Waals surface area contributed by atoms with E-state index in [4.69, 9.17) is 12.2 Å². The topological polar surface area (TPSA) is 31.1 Å². The zero-order chi connectivity index (χ0) is 12.8. The quantitative estimate of drug-likeness (QED) is 0.827. The van der Waals surface area contributed by atoms with Crippen LogP contribution in [0, 0.1) is 0 Å². The lowest BCUT2D eigenvalue weighted by atomic mass is 10.3. The Balaban J connectivity index is 1.98. The molecule has 0 aliphatic carbocycles. The highest BCUT2D eigenvalue weighted by Crippen LogP contribution is 2.09. The molecule has 94 valence electrons. The molecule has 0 bridgehead atoms. The minimum atomic E-state index is 0.748. The highest BCUT2D eigenvalue weighted by Gasteiger charge is 2.08. The molecule has 0 saturated heterocycles. The first-order valence-corrected chi connectivity index (χ1v) is 6.43. The van der Waals surface area contributed by atoms with Gasteiger partial charge in [0.1, 0.15) is 0 Å². The van der Waals surface area contributed by atoms with Crippen LogP contribution >= 0.6 is 12.2 Å². The van der Waals surface area contributed by atoms with Crippen molar-refractivity contribution in [2.75, 3.05) is 11.9 Å². The third-order valence-electron chi connectivity index (χ3n) is 2.72. The summed E-state index contributed by atoms with van der Waals surface area (Å²) in [6.07, 6.45) is 1.93. The predicted octanol–water partition coefficient (Wildman–Crippen LogP) is 3.23. The van der Waals surface area contributed by atoms with Gasteiger partial charge in [-0.3, -0.25) is 0 Å². The molecule has 1 aromatic heterocycles. The van der Waals surface area contributed by atoms with Crippen LogP contribution in [-0.2, 0) is 6.54 Å². The lowest BCUT2D eigenvalue weighted by Gasteiger charge is -2.23. The molecule has 4 heteroatoms. The number of thiocarbonyl (C=S) groups is 1. The van der Waals surface area contributed by atoms with E-state index < -0.39 is 0 Å². The van der Waals surface area contributed by atoms with E-state index in [1.807, 2.05) is 42.6 Å². The van der Waals surface area contributed by atoms with Crippen molar-refractivity contribution in [3.8, 4) is 0 Å². The minimum Gasteiger partial charge on any atom is -0.364 e. The first kappa shape index (κ1) is 12.6. The fraction of sp³-hybridized carbons (Fsp3) is 0.214. The summed E-state index contributed by atoms with van der Waals surface area (Å²) in [5, 5.41) is 4.00. The highest BCUT2D eigenvalue weighted by molar-refractivity contribution is 7.80. The van der Waals surface area contributed by atoms with Crippen molar-refractivity contribution < 1.29 is 0 Å². The van der Waals surface area contributed by atoms with Gasteiger partial charge in [-0.15, -0.1) is 0 Å². The van der Waals surface area contributed by atoms with Crippen LogP contribution in [0.1, 0.15) is 12.6 Å². The molecule has 0 aliphatic rings. The third kappa shape index (κ3) is 3.34. The summed E-state index contributed by atoms with van der Waals surface area (Å²) in [4.78, 5) is 5.31. The minimum absolute atomic E-state index is 0.748. The summed E-state index contributed by atoms with van der Waals surface area (Å²) >= 11 is 5.43. The normalized spacial score (nSPS) is 10.1. The molecule has 1 aromatic carbocycles. The van der Waals surface area contributed by atoms with E-state index >= 15 is 0 Å². The van der Waals surface area contributed by atoms with Crippen LogP contribution in [0.3, 0.4) is 0 Å². The zero-order valence-electron chi connectivity index (χ0n) is 10.4. The van der Waals surface area contributed by atoms with Crippen molar-refractivity contribution in [1.29, 1.82) is 0 Å². The van der Waals surface area contributed by atoms with Gasteiger partial charge in [0.2, 0.25) is 0 Å². The summed E-state index contributed by atoms with van der Waals surface area (Å²) in [6.45, 7) is 3.77. The molecule has 0 unspecified atom stereocenters. The van der Waals surface area contributed by atoms with Gasteiger partial charge in [-0.05, 0) is 43.4 Å². The van der Waals surface area contributed by atoms with E-state index in [1.54, 1.807) is 0 Å². The lowest BCUT2D eigenvalue weighted by Crippen LogP contribution is -2.34. The largest absolute Gasteiger partial charge is 0.364 e. The Bertz CT molecular complexity index is 479. The summed E-state index contributed by atoms with van der Waals surface area (Å²) < 4.78 is 0. The van der Waals surface area contributed by atoms with Crippen molar-refractivity contribution in [2.45, 2.75) is 13.5 Å². The highest BCUT2D eigenvalue weighted by atomic mass is 32.1. The Kier molecular flexibility index (Phi) is 4.36. The summed E-state index contributed by atoms with van der Waals surface area (Å²) in [6, 6.07) is 14.1. The van der Waals surface area contributed by atoms with Crippen LogP contribution < -0.4 is 5.32 Å². The first-order chi connectivity index (χ1) is 8.79. The number of aromatic nitrogens is 1. The number of anilines is 1. The molecular weight excluding hydrogens is 242 g/mol. The summed E-state index contributed by atoms with van der Waals surface area (Å²) in [5.41, 5.74) is 2.18. The van der Waals surface area contributed by atoms with Gasteiger partial charge in [-0.25, -0.2) is 0 Å². The van der Waals surface area contributed by atoms with Crippen LogP contribution in [-0.4, -0.2) is 21.5 Å². The van der Waals surface area contributed by atoms with Crippen LogP contribution in [0.4, 0.5) is 5.69 Å². The monoisotopic (exact) mass is 259 g/mol. The molecule has 0 atom stereocenters. The van der Waals surface area contributed by atoms with E-state index in [0.29, 0.717) is 0 Å². The number of rotatable bonds is 4. The smallest absolute Gasteiger partial charge is 0.173 e. The standard InChI is InChI=1S/C14H17N3S/c1-2-17(11-13-9-6-10-15-13)14(18)16-12-7-4-3-5-8-12/h3-10,15H,2,11H2,1H3,(H,16,18). The van der Waals surface area contributed by atoms with Gasteiger partial charge in [0, 0.05) is 24.1 Å². The van der Waals surface area contributed by atoms with Crippen LogP contribution in [0.2, 0.25) is 0 Å². The molecule has 1 heterocycles. The van der Waals surface area contributed by atoms with Gasteiger partial charge >= 0.3 is 0 Å². The van der Waals surface area contributed by atoms with Crippen molar-refractivity contribution in [3.05, 3.63) is 54.4 Å². The SMILES string of the molecule is CCN(Cc1ccc[nH]1)C(=S)Nc1ccccc1. The van der Waals surface area contributed by atoms with E-state index in [1.165, 1.54) is 0 Å². The van der Waals surface area contributed by atoms with Gasteiger partial charge in [-0.2, -0.15) is 0 Å². The Morgan fingerprint density at radius 3 is 2.61 bits per heavy atom. The number of para-hydroxylation sites is 1. The number of benzene rings is 1. The number of hydrogen-bond acceptors (Lipinski definition) is 1. The van der Waals surface area contributed by atoms with Gasteiger partial charge in [0.25, 0.3) is 0 Å². The summed E-state index contributed by atoms with van der Waals surface area (Å²) in [7, 11) is 0. The van der Waals surface area contributed by atoms with E-state index in [0.717, 1.165) is 29.6 Å². The number of aromatic amines is 1. The fourth-order valence-electron chi connectivity index (χ4n) is 1.72. The van der Waals surface area contributed by atoms with Gasteiger partial charge in [-0.1, -0.05) is 18.2 Å². The van der Waals surface area contributed by atoms with Gasteiger partial charge in [0.15, 0.2) is 5.11 Å². The molecule has 0 saturated carbocycles. The predicted molar refractivity (Wildman–Crippen MR) is 79.5 cm³/mol. The van der Waals surface area contributed by atoms with Crippen LogP contribution in [0.5, 0.6) is 0 Å².